The first-order chi connectivity index (χ1) is 21.2. The van der Waals surface area contributed by atoms with Gasteiger partial charge in [-0.1, -0.05) is 127 Å². The van der Waals surface area contributed by atoms with Crippen molar-refractivity contribution in [2.45, 2.75) is 25.3 Å². The van der Waals surface area contributed by atoms with E-state index in [1.54, 1.807) is 0 Å². The van der Waals surface area contributed by atoms with Crippen molar-refractivity contribution in [3.8, 4) is 22.3 Å². The van der Waals surface area contributed by atoms with Crippen LogP contribution in [0.15, 0.2) is 146 Å². The van der Waals surface area contributed by atoms with Crippen molar-refractivity contribution in [3.63, 3.8) is 0 Å². The van der Waals surface area contributed by atoms with Crippen molar-refractivity contribution < 1.29 is 0 Å². The molecule has 0 radical (unpaired) electrons. The predicted molar refractivity (Wildman–Crippen MR) is 181 cm³/mol. The molecular weight excluding hydrogens is 518 g/mol. The molecule has 0 aromatic heterocycles. The Morgan fingerprint density at radius 1 is 0.442 bits per heavy atom. The van der Waals surface area contributed by atoms with Gasteiger partial charge in [-0.3, -0.25) is 0 Å². The minimum atomic E-state index is -0.344. The van der Waals surface area contributed by atoms with E-state index in [9.17, 15) is 0 Å². The van der Waals surface area contributed by atoms with Crippen molar-refractivity contribution in [1.29, 1.82) is 0 Å². The number of hydrogen-bond acceptors (Lipinski definition) is 1. The molecule has 0 aliphatic heterocycles. The third-order valence-electron chi connectivity index (χ3n) is 9.78. The van der Waals surface area contributed by atoms with Gasteiger partial charge in [0.1, 0.15) is 0 Å². The molecule has 2 aliphatic rings. The number of anilines is 2. The molecule has 0 atom stereocenters. The normalized spacial score (nSPS) is 13.7. The average molecular weight is 550 g/mol. The molecule has 0 unspecified atom stereocenters. The molecule has 0 N–H and O–H groups in total. The average Bonchev–Trinajstić information content (AvgIpc) is 3.52. The molecule has 0 saturated carbocycles. The van der Waals surface area contributed by atoms with Crippen LogP contribution in [0.4, 0.5) is 11.4 Å². The van der Waals surface area contributed by atoms with Crippen LogP contribution in [-0.4, -0.2) is 6.04 Å². The third kappa shape index (κ3) is 3.17. The summed E-state index contributed by atoms with van der Waals surface area (Å²) in [5.74, 6) is 0. The first-order valence-corrected chi connectivity index (χ1v) is 15.3. The van der Waals surface area contributed by atoms with Crippen LogP contribution in [0.3, 0.4) is 0 Å². The first-order valence-electron chi connectivity index (χ1n) is 15.3. The Hall–Kier alpha value is -5.14. The Balaban J connectivity index is 1.35. The summed E-state index contributed by atoms with van der Waals surface area (Å²) >= 11 is 0. The van der Waals surface area contributed by atoms with Crippen LogP contribution >= 0.6 is 0 Å². The molecule has 0 amide bonds. The van der Waals surface area contributed by atoms with Crippen LogP contribution in [0.5, 0.6) is 0 Å². The third-order valence-corrected chi connectivity index (χ3v) is 9.78. The minimum Gasteiger partial charge on any atom is -0.338 e. The summed E-state index contributed by atoms with van der Waals surface area (Å²) in [4.78, 5) is 2.54. The molecule has 0 fully saturated rings. The Morgan fingerprint density at radius 3 is 1.53 bits per heavy atom. The van der Waals surface area contributed by atoms with Gasteiger partial charge in [-0.2, -0.15) is 0 Å². The van der Waals surface area contributed by atoms with Gasteiger partial charge in [0.25, 0.3) is 0 Å². The lowest BCUT2D eigenvalue weighted by Crippen LogP contribution is -2.28. The van der Waals surface area contributed by atoms with Crippen molar-refractivity contribution in [2.75, 3.05) is 4.90 Å². The lowest BCUT2D eigenvalue weighted by molar-refractivity contribution is 0.777. The maximum atomic E-state index is 2.54. The van der Waals surface area contributed by atoms with Gasteiger partial charge >= 0.3 is 0 Å². The van der Waals surface area contributed by atoms with Crippen LogP contribution < -0.4 is 4.90 Å². The largest absolute Gasteiger partial charge is 0.338 e. The van der Waals surface area contributed by atoms with Gasteiger partial charge in [0.05, 0.1) is 5.41 Å². The Kier molecular flexibility index (Phi) is 5.08. The van der Waals surface area contributed by atoms with E-state index in [0.29, 0.717) is 0 Å². The summed E-state index contributed by atoms with van der Waals surface area (Å²) in [5, 5.41) is 5.15. The quantitative estimate of drug-likeness (QED) is 0.198. The fraction of sp³-hybridized carbons (Fsp3) is 0.0952. The molecule has 0 saturated heterocycles. The fourth-order valence-electron chi connectivity index (χ4n) is 8.18. The summed E-state index contributed by atoms with van der Waals surface area (Å²) in [7, 11) is 0. The Bertz CT molecular complexity index is 2170. The molecule has 204 valence electrons. The highest BCUT2D eigenvalue weighted by Crippen LogP contribution is 2.63. The SMILES string of the molecule is CC(C)N(c1ccc2c(c1)C1(c3ccccc3-c3ccccc31)c1ccccc1-2)c1cc2ccccc2c2ccccc12. The number of benzene rings is 7. The summed E-state index contributed by atoms with van der Waals surface area (Å²) in [6.07, 6.45) is 0. The Morgan fingerprint density at radius 2 is 0.930 bits per heavy atom. The second-order valence-corrected chi connectivity index (χ2v) is 12.2. The van der Waals surface area contributed by atoms with E-state index in [1.165, 1.54) is 77.4 Å². The molecule has 1 nitrogen and oxygen atoms in total. The van der Waals surface area contributed by atoms with Crippen molar-refractivity contribution >= 4 is 32.9 Å². The van der Waals surface area contributed by atoms with Crippen LogP contribution in [0.2, 0.25) is 0 Å². The predicted octanol–water partition coefficient (Wildman–Crippen LogP) is 10.9. The second kappa shape index (κ2) is 8.93. The molecule has 0 bridgehead atoms. The van der Waals surface area contributed by atoms with Crippen LogP contribution in [0, 0.1) is 0 Å². The van der Waals surface area contributed by atoms with E-state index in [-0.39, 0.29) is 11.5 Å². The molecule has 7 aromatic rings. The van der Waals surface area contributed by atoms with Crippen LogP contribution in [0.1, 0.15) is 36.1 Å². The van der Waals surface area contributed by atoms with Crippen molar-refractivity contribution in [2.24, 2.45) is 0 Å². The smallest absolute Gasteiger partial charge is 0.0726 e. The van der Waals surface area contributed by atoms with E-state index in [1.807, 2.05) is 0 Å². The van der Waals surface area contributed by atoms with Crippen molar-refractivity contribution in [1.82, 2.24) is 0 Å². The zero-order valence-corrected chi connectivity index (χ0v) is 24.4. The topological polar surface area (TPSA) is 3.24 Å². The van der Waals surface area contributed by atoms with Crippen molar-refractivity contribution in [3.05, 3.63) is 168 Å². The summed E-state index contributed by atoms with van der Waals surface area (Å²) in [6, 6.07) is 54.6. The summed E-state index contributed by atoms with van der Waals surface area (Å²) < 4.78 is 0. The van der Waals surface area contributed by atoms with E-state index < -0.39 is 0 Å². The summed E-state index contributed by atoms with van der Waals surface area (Å²) in [6.45, 7) is 4.61. The highest BCUT2D eigenvalue weighted by Gasteiger charge is 2.51. The lowest BCUT2D eigenvalue weighted by atomic mass is 9.70. The number of fused-ring (bicyclic) bond motifs is 13. The lowest BCUT2D eigenvalue weighted by Gasteiger charge is -2.34. The number of hydrogen-bond donors (Lipinski definition) is 0. The van der Waals surface area contributed by atoms with E-state index in [0.717, 1.165) is 0 Å². The van der Waals surface area contributed by atoms with Gasteiger partial charge in [0.15, 0.2) is 0 Å². The monoisotopic (exact) mass is 549 g/mol. The maximum absolute atomic E-state index is 2.54. The second-order valence-electron chi connectivity index (χ2n) is 12.2. The van der Waals surface area contributed by atoms with Gasteiger partial charge in [-0.25, -0.2) is 0 Å². The molecule has 0 heterocycles. The number of rotatable bonds is 3. The fourth-order valence-corrected chi connectivity index (χ4v) is 8.18. The first kappa shape index (κ1) is 24.5. The number of nitrogens with zero attached hydrogens (tertiary/aromatic N) is 1. The van der Waals surface area contributed by atoms with Gasteiger partial charge in [0.2, 0.25) is 0 Å². The van der Waals surface area contributed by atoms with Gasteiger partial charge in [-0.05, 0) is 92.7 Å². The van der Waals surface area contributed by atoms with E-state index in [2.05, 4.69) is 164 Å². The molecule has 1 spiro atoms. The van der Waals surface area contributed by atoms with Gasteiger partial charge in [0, 0.05) is 22.8 Å². The zero-order valence-electron chi connectivity index (χ0n) is 24.4. The molecule has 2 aliphatic carbocycles. The van der Waals surface area contributed by atoms with E-state index in [4.69, 9.17) is 0 Å². The molecule has 7 aromatic carbocycles. The van der Waals surface area contributed by atoms with Crippen LogP contribution in [0.25, 0.3) is 43.8 Å². The highest BCUT2D eigenvalue weighted by atomic mass is 15.2. The standard InChI is InChI=1S/C42H31N/c1-27(2)43(41-25-28-13-3-4-14-30(28)31-15-5-6-19-36(31)41)29-23-24-35-34-18-9-12-22-39(34)42(40(35)26-29)37-20-10-7-16-32(37)33-17-8-11-21-38(33)42/h3-27H,1-2H3. The highest BCUT2D eigenvalue weighted by molar-refractivity contribution is 6.13. The molecule has 9 rings (SSSR count). The molecule has 1 heteroatoms. The van der Waals surface area contributed by atoms with Gasteiger partial charge < -0.3 is 4.90 Å². The minimum absolute atomic E-state index is 0.255. The Labute approximate surface area is 252 Å². The van der Waals surface area contributed by atoms with Gasteiger partial charge in [-0.15, -0.1) is 0 Å². The molecule has 43 heavy (non-hydrogen) atoms. The van der Waals surface area contributed by atoms with Crippen LogP contribution in [-0.2, 0) is 5.41 Å². The molecular formula is C42H31N. The zero-order chi connectivity index (χ0) is 28.7. The summed E-state index contributed by atoms with van der Waals surface area (Å²) in [5.41, 5.74) is 13.0. The maximum Gasteiger partial charge on any atom is 0.0726 e. The van der Waals surface area contributed by atoms with E-state index >= 15 is 0 Å².